The zero-order valence-corrected chi connectivity index (χ0v) is 13.3. The highest BCUT2D eigenvalue weighted by Crippen LogP contribution is 2.21. The largest absolute Gasteiger partial charge is 0.384 e. The second-order valence-corrected chi connectivity index (χ2v) is 5.98. The molecule has 2 atom stereocenters. The summed E-state index contributed by atoms with van der Waals surface area (Å²) in [7, 11) is 0. The van der Waals surface area contributed by atoms with Crippen molar-refractivity contribution in [2.75, 3.05) is 0 Å². The van der Waals surface area contributed by atoms with Crippen LogP contribution in [0.3, 0.4) is 0 Å². The van der Waals surface area contributed by atoms with Gasteiger partial charge >= 0.3 is 0 Å². The second kappa shape index (κ2) is 5.59. The topological polar surface area (TPSA) is 149 Å². The van der Waals surface area contributed by atoms with Gasteiger partial charge in [0.25, 0.3) is 0 Å². The van der Waals surface area contributed by atoms with Crippen LogP contribution in [-0.4, -0.2) is 46.8 Å². The number of nitrogens with zero attached hydrogens (tertiary/aromatic N) is 4. The van der Waals surface area contributed by atoms with E-state index in [1.165, 1.54) is 0 Å². The molecule has 8 nitrogen and oxygen atoms in total. The van der Waals surface area contributed by atoms with Crippen molar-refractivity contribution in [2.24, 2.45) is 31.4 Å². The number of hydrogen-bond acceptors (Lipinski definition) is 6. The highest BCUT2D eigenvalue weighted by atomic mass is 15.1. The van der Waals surface area contributed by atoms with Gasteiger partial charge in [-0.1, -0.05) is 24.3 Å². The third-order valence-corrected chi connectivity index (χ3v) is 4.16. The van der Waals surface area contributed by atoms with Gasteiger partial charge in [0, 0.05) is 11.1 Å². The van der Waals surface area contributed by atoms with E-state index in [0.717, 1.165) is 11.4 Å². The molecule has 0 bridgehead atoms. The van der Waals surface area contributed by atoms with E-state index in [0.29, 0.717) is 29.2 Å². The highest BCUT2D eigenvalue weighted by molar-refractivity contribution is 6.23. The van der Waals surface area contributed by atoms with Gasteiger partial charge in [-0.15, -0.1) is 0 Å². The van der Waals surface area contributed by atoms with E-state index >= 15 is 0 Å². The molecule has 124 valence electrons. The average Bonchev–Trinajstić information content (AvgIpc) is 3.15. The smallest absolute Gasteiger partial charge is 0.132 e. The fourth-order valence-electron chi connectivity index (χ4n) is 2.91. The van der Waals surface area contributed by atoms with E-state index in [1.807, 2.05) is 12.2 Å². The van der Waals surface area contributed by atoms with Gasteiger partial charge in [-0.05, 0) is 12.2 Å². The molecule has 0 aromatic heterocycles. The molecule has 2 aliphatic heterocycles. The van der Waals surface area contributed by atoms with Crippen LogP contribution in [0.15, 0.2) is 67.6 Å². The zero-order valence-electron chi connectivity index (χ0n) is 13.3. The fourth-order valence-corrected chi connectivity index (χ4v) is 2.91. The number of hydrogen-bond donors (Lipinski definition) is 4. The first-order valence-corrected chi connectivity index (χ1v) is 7.79. The Hall–Kier alpha value is -3.42. The van der Waals surface area contributed by atoms with E-state index < -0.39 is 0 Å². The van der Waals surface area contributed by atoms with Gasteiger partial charge in [-0.2, -0.15) is 0 Å². The molecule has 0 fully saturated rings. The van der Waals surface area contributed by atoms with Crippen molar-refractivity contribution in [2.45, 2.75) is 18.5 Å². The maximum Gasteiger partial charge on any atom is 0.132 e. The Morgan fingerprint density at radius 3 is 1.68 bits per heavy atom. The van der Waals surface area contributed by atoms with Crippen molar-refractivity contribution in [3.8, 4) is 0 Å². The molecule has 0 aromatic carbocycles. The minimum absolute atomic E-state index is 0.0151. The minimum Gasteiger partial charge on any atom is -0.384 e. The van der Waals surface area contributed by atoms with Gasteiger partial charge in [0.2, 0.25) is 0 Å². The number of amidine groups is 4. The molecule has 2 heterocycles. The van der Waals surface area contributed by atoms with Crippen molar-refractivity contribution in [3.63, 3.8) is 0 Å². The number of aliphatic imine (C=N–C) groups is 4. The molecule has 0 amide bonds. The van der Waals surface area contributed by atoms with Crippen molar-refractivity contribution < 1.29 is 0 Å². The summed E-state index contributed by atoms with van der Waals surface area (Å²) in [5.41, 5.74) is 13.9. The van der Waals surface area contributed by atoms with Crippen molar-refractivity contribution in [1.82, 2.24) is 0 Å². The van der Waals surface area contributed by atoms with Gasteiger partial charge in [0.1, 0.15) is 35.4 Å². The summed E-state index contributed by atoms with van der Waals surface area (Å²) < 4.78 is 0. The molecule has 0 radical (unpaired) electrons. The standard InChI is InChI=1S/C17H16N8/c18-16(19)8-1-3-10-12(5-8)24-14(22-10)7-15-23-11-4-2-9(17(20)21)6-13(11)25-15/h1-6,10-11H,7H2,(H3,18,19)(H3,20,21). The van der Waals surface area contributed by atoms with Crippen LogP contribution < -0.4 is 11.5 Å². The Morgan fingerprint density at radius 2 is 1.28 bits per heavy atom. The molecule has 4 aliphatic rings. The molecule has 0 saturated carbocycles. The Balaban J connectivity index is 1.52. The Labute approximate surface area is 143 Å². The molecule has 0 spiro atoms. The maximum absolute atomic E-state index is 7.50. The molecule has 25 heavy (non-hydrogen) atoms. The van der Waals surface area contributed by atoms with E-state index in [-0.39, 0.29) is 23.8 Å². The van der Waals surface area contributed by atoms with Crippen molar-refractivity contribution in [3.05, 3.63) is 47.6 Å². The van der Waals surface area contributed by atoms with Crippen LogP contribution in [0.1, 0.15) is 6.42 Å². The number of nitrogens with two attached hydrogens (primary N) is 2. The van der Waals surface area contributed by atoms with Crippen molar-refractivity contribution >= 4 is 34.8 Å². The summed E-state index contributed by atoms with van der Waals surface area (Å²) in [6.45, 7) is 0. The second-order valence-electron chi connectivity index (χ2n) is 5.98. The van der Waals surface area contributed by atoms with Crippen LogP contribution in [0.2, 0.25) is 0 Å². The van der Waals surface area contributed by atoms with E-state index in [9.17, 15) is 0 Å². The van der Waals surface area contributed by atoms with E-state index in [4.69, 9.17) is 22.3 Å². The minimum atomic E-state index is -0.126. The normalized spacial score (nSPS) is 25.9. The molecule has 2 aliphatic carbocycles. The molecule has 0 saturated heterocycles. The summed E-state index contributed by atoms with van der Waals surface area (Å²) in [4.78, 5) is 18.2. The molecular weight excluding hydrogens is 316 g/mol. The number of rotatable bonds is 4. The van der Waals surface area contributed by atoms with Crippen LogP contribution in [0, 0.1) is 10.8 Å². The lowest BCUT2D eigenvalue weighted by Crippen LogP contribution is -2.20. The highest BCUT2D eigenvalue weighted by Gasteiger charge is 2.26. The molecule has 4 rings (SSSR count). The lowest BCUT2D eigenvalue weighted by Gasteiger charge is -2.09. The lowest BCUT2D eigenvalue weighted by atomic mass is 10.0. The SMILES string of the molecule is N=C(N)C1=CC2=NC(CC3=NC4C=CC(C(=N)N)=CC4=N3)=NC2C=C1. The van der Waals surface area contributed by atoms with Crippen LogP contribution >= 0.6 is 0 Å². The molecule has 0 aromatic rings. The predicted molar refractivity (Wildman–Crippen MR) is 100 cm³/mol. The third-order valence-electron chi connectivity index (χ3n) is 4.16. The number of nitrogens with one attached hydrogen (secondary N) is 2. The van der Waals surface area contributed by atoms with E-state index in [2.05, 4.69) is 20.0 Å². The Morgan fingerprint density at radius 1 is 0.840 bits per heavy atom. The molecule has 2 unspecified atom stereocenters. The fraction of sp³-hybridized carbons (Fsp3) is 0.176. The van der Waals surface area contributed by atoms with Crippen LogP contribution in [0.5, 0.6) is 0 Å². The lowest BCUT2D eigenvalue weighted by molar-refractivity contribution is 1.09. The van der Waals surface area contributed by atoms with Crippen LogP contribution in [0.25, 0.3) is 0 Å². The zero-order chi connectivity index (χ0) is 17.6. The monoisotopic (exact) mass is 332 g/mol. The molecule has 8 heteroatoms. The summed E-state index contributed by atoms with van der Waals surface area (Å²) in [5.74, 6) is 1.35. The summed E-state index contributed by atoms with van der Waals surface area (Å²) in [6, 6.07) is -0.252. The first-order valence-electron chi connectivity index (χ1n) is 7.79. The molecule has 6 N–H and O–H groups in total. The Bertz CT molecular complexity index is 860. The first-order chi connectivity index (χ1) is 12.0. The van der Waals surface area contributed by atoms with Crippen molar-refractivity contribution in [1.29, 1.82) is 10.8 Å². The number of fused-ring (bicyclic) bond motifs is 2. The van der Waals surface area contributed by atoms with Gasteiger partial charge in [0.05, 0.1) is 17.8 Å². The summed E-state index contributed by atoms with van der Waals surface area (Å²) >= 11 is 0. The van der Waals surface area contributed by atoms with Gasteiger partial charge in [-0.25, -0.2) is 9.98 Å². The quantitative estimate of drug-likeness (QED) is 0.442. The predicted octanol–water partition coefficient (Wildman–Crippen LogP) is 0.684. The van der Waals surface area contributed by atoms with E-state index in [1.54, 1.807) is 24.3 Å². The first kappa shape index (κ1) is 15.1. The summed E-state index contributed by atoms with van der Waals surface area (Å²) in [5, 5.41) is 15.0. The average molecular weight is 332 g/mol. The Kier molecular flexibility index (Phi) is 3.38. The van der Waals surface area contributed by atoms with Crippen LogP contribution in [-0.2, 0) is 0 Å². The van der Waals surface area contributed by atoms with Gasteiger partial charge in [0.15, 0.2) is 0 Å². The maximum atomic E-state index is 7.50. The van der Waals surface area contributed by atoms with Gasteiger partial charge < -0.3 is 11.5 Å². The molecular formula is C17H16N8. The summed E-state index contributed by atoms with van der Waals surface area (Å²) in [6.07, 6.45) is 11.4. The van der Waals surface area contributed by atoms with Crippen LogP contribution in [0.4, 0.5) is 0 Å². The third kappa shape index (κ3) is 2.78. The van der Waals surface area contributed by atoms with Gasteiger partial charge in [-0.3, -0.25) is 20.8 Å².